The highest BCUT2D eigenvalue weighted by molar-refractivity contribution is 6.07. The van der Waals surface area contributed by atoms with Crippen LogP contribution in [0.4, 0.5) is 0 Å². The summed E-state index contributed by atoms with van der Waals surface area (Å²) in [7, 11) is 0. The number of hydrogen-bond donors (Lipinski definition) is 2. The molecule has 26 heavy (non-hydrogen) atoms. The van der Waals surface area contributed by atoms with Gasteiger partial charge in [0.2, 0.25) is 0 Å². The summed E-state index contributed by atoms with van der Waals surface area (Å²) in [6, 6.07) is 16.7. The van der Waals surface area contributed by atoms with Crippen molar-refractivity contribution in [3.05, 3.63) is 88.5 Å². The second-order valence-electron chi connectivity index (χ2n) is 6.24. The SMILES string of the molecule is C[C@@H](NC(=O)c1ccc2c(c1)c(=O)[nH]c1cnccc12)c1ccccc1. The Morgan fingerprint density at radius 2 is 1.85 bits per heavy atom. The van der Waals surface area contributed by atoms with E-state index in [1.807, 2.05) is 49.4 Å². The molecule has 0 spiro atoms. The molecule has 128 valence electrons. The molecule has 0 aliphatic carbocycles. The van der Waals surface area contributed by atoms with Crippen LogP contribution in [0.15, 0.2) is 71.8 Å². The van der Waals surface area contributed by atoms with Crippen molar-refractivity contribution in [3.8, 4) is 0 Å². The van der Waals surface area contributed by atoms with Crippen molar-refractivity contribution in [2.75, 3.05) is 0 Å². The van der Waals surface area contributed by atoms with Gasteiger partial charge in [0, 0.05) is 22.5 Å². The summed E-state index contributed by atoms with van der Waals surface area (Å²) in [6.07, 6.45) is 3.31. The lowest BCUT2D eigenvalue weighted by Crippen LogP contribution is -2.26. The van der Waals surface area contributed by atoms with Crippen LogP contribution in [-0.2, 0) is 0 Å². The Morgan fingerprint density at radius 1 is 1.04 bits per heavy atom. The lowest BCUT2D eigenvalue weighted by molar-refractivity contribution is 0.0940. The number of carbonyl (C=O) groups excluding carboxylic acids is 1. The molecular formula is C21H17N3O2. The van der Waals surface area contributed by atoms with Crippen LogP contribution in [-0.4, -0.2) is 15.9 Å². The molecule has 0 saturated carbocycles. The second-order valence-corrected chi connectivity index (χ2v) is 6.24. The van der Waals surface area contributed by atoms with Gasteiger partial charge in [0.15, 0.2) is 0 Å². The summed E-state index contributed by atoms with van der Waals surface area (Å²) in [5.41, 5.74) is 1.93. The summed E-state index contributed by atoms with van der Waals surface area (Å²) >= 11 is 0. The third kappa shape index (κ3) is 2.84. The van der Waals surface area contributed by atoms with Crippen molar-refractivity contribution in [3.63, 3.8) is 0 Å². The fourth-order valence-corrected chi connectivity index (χ4v) is 3.13. The van der Waals surface area contributed by atoms with Crippen LogP contribution in [0.1, 0.15) is 28.9 Å². The Kier molecular flexibility index (Phi) is 3.97. The maximum atomic E-state index is 12.6. The van der Waals surface area contributed by atoms with Crippen LogP contribution in [0.5, 0.6) is 0 Å². The molecule has 0 radical (unpaired) electrons. The van der Waals surface area contributed by atoms with Gasteiger partial charge in [-0.2, -0.15) is 0 Å². The fraction of sp³-hybridized carbons (Fsp3) is 0.0952. The molecule has 0 unspecified atom stereocenters. The lowest BCUT2D eigenvalue weighted by atomic mass is 10.0. The number of hydrogen-bond acceptors (Lipinski definition) is 3. The third-order valence-corrected chi connectivity index (χ3v) is 4.53. The number of nitrogens with zero attached hydrogens (tertiary/aromatic N) is 1. The molecule has 2 N–H and O–H groups in total. The van der Waals surface area contributed by atoms with Crippen LogP contribution >= 0.6 is 0 Å². The van der Waals surface area contributed by atoms with Crippen LogP contribution in [0.2, 0.25) is 0 Å². The monoisotopic (exact) mass is 343 g/mol. The smallest absolute Gasteiger partial charge is 0.256 e. The van der Waals surface area contributed by atoms with Gasteiger partial charge in [-0.1, -0.05) is 36.4 Å². The molecule has 0 fully saturated rings. The minimum absolute atomic E-state index is 0.125. The summed E-state index contributed by atoms with van der Waals surface area (Å²) in [5, 5.41) is 5.17. The molecule has 2 heterocycles. The average molecular weight is 343 g/mol. The van der Waals surface area contributed by atoms with Crippen molar-refractivity contribution < 1.29 is 4.79 Å². The minimum atomic E-state index is -0.230. The van der Waals surface area contributed by atoms with Crippen molar-refractivity contribution in [2.45, 2.75) is 13.0 Å². The third-order valence-electron chi connectivity index (χ3n) is 4.53. The molecule has 1 amide bonds. The fourth-order valence-electron chi connectivity index (χ4n) is 3.13. The number of pyridine rings is 2. The van der Waals surface area contributed by atoms with Crippen molar-refractivity contribution in [1.29, 1.82) is 0 Å². The van der Waals surface area contributed by atoms with Crippen molar-refractivity contribution in [1.82, 2.24) is 15.3 Å². The number of rotatable bonds is 3. The van der Waals surface area contributed by atoms with E-state index in [2.05, 4.69) is 15.3 Å². The first-order valence-electron chi connectivity index (χ1n) is 8.39. The largest absolute Gasteiger partial charge is 0.346 e. The molecule has 0 bridgehead atoms. The Hall–Kier alpha value is -3.47. The van der Waals surface area contributed by atoms with E-state index in [9.17, 15) is 9.59 Å². The van der Waals surface area contributed by atoms with Gasteiger partial charge >= 0.3 is 0 Å². The topological polar surface area (TPSA) is 74.8 Å². The van der Waals surface area contributed by atoms with E-state index >= 15 is 0 Å². The van der Waals surface area contributed by atoms with Crippen LogP contribution in [0, 0.1) is 0 Å². The molecule has 5 heteroatoms. The van der Waals surface area contributed by atoms with E-state index in [1.54, 1.807) is 24.5 Å². The minimum Gasteiger partial charge on any atom is -0.346 e. The zero-order valence-corrected chi connectivity index (χ0v) is 14.2. The number of aromatic amines is 1. The standard InChI is InChI=1S/C21H17N3O2/c1-13(14-5-3-2-4-6-14)23-20(25)15-7-8-16-17-9-10-22-12-19(17)24-21(26)18(16)11-15/h2-13H,1H3,(H,23,25)(H,24,26)/t13-/m1/s1. The average Bonchev–Trinajstić information content (AvgIpc) is 2.68. The van der Waals surface area contributed by atoms with Gasteiger partial charge in [0.1, 0.15) is 0 Å². The molecule has 4 aromatic rings. The summed E-state index contributed by atoms with van der Waals surface area (Å²) < 4.78 is 0. The van der Waals surface area contributed by atoms with Crippen LogP contribution < -0.4 is 10.9 Å². The molecule has 4 rings (SSSR count). The van der Waals surface area contributed by atoms with E-state index in [1.165, 1.54) is 0 Å². The van der Waals surface area contributed by atoms with Gasteiger partial charge in [-0.25, -0.2) is 0 Å². The lowest BCUT2D eigenvalue weighted by Gasteiger charge is -2.14. The maximum absolute atomic E-state index is 12.6. The first-order valence-corrected chi connectivity index (χ1v) is 8.39. The van der Waals surface area contributed by atoms with Gasteiger partial charge in [-0.3, -0.25) is 14.6 Å². The van der Waals surface area contributed by atoms with E-state index < -0.39 is 0 Å². The van der Waals surface area contributed by atoms with Crippen molar-refractivity contribution >= 4 is 27.6 Å². The number of amides is 1. The Bertz CT molecular complexity index is 1170. The number of fused-ring (bicyclic) bond motifs is 3. The molecule has 5 nitrogen and oxygen atoms in total. The highest BCUT2D eigenvalue weighted by Gasteiger charge is 2.13. The maximum Gasteiger partial charge on any atom is 0.256 e. The van der Waals surface area contributed by atoms with Gasteiger partial charge in [-0.15, -0.1) is 0 Å². The van der Waals surface area contributed by atoms with E-state index in [0.717, 1.165) is 16.3 Å². The van der Waals surface area contributed by atoms with Crippen LogP contribution in [0.3, 0.4) is 0 Å². The number of nitrogens with one attached hydrogen (secondary N) is 2. The molecule has 1 atom stereocenters. The van der Waals surface area contributed by atoms with E-state index in [0.29, 0.717) is 16.5 Å². The number of H-pyrrole nitrogens is 1. The highest BCUT2D eigenvalue weighted by atomic mass is 16.1. The number of carbonyl (C=O) groups is 1. The van der Waals surface area contributed by atoms with Gasteiger partial charge in [-0.05, 0) is 36.1 Å². The Labute approximate surface area is 149 Å². The van der Waals surface area contributed by atoms with Gasteiger partial charge in [0.05, 0.1) is 17.8 Å². The van der Waals surface area contributed by atoms with Crippen LogP contribution in [0.25, 0.3) is 21.7 Å². The Morgan fingerprint density at radius 3 is 2.65 bits per heavy atom. The molecule has 2 aromatic carbocycles. The summed E-state index contributed by atoms with van der Waals surface area (Å²) in [5.74, 6) is -0.211. The van der Waals surface area contributed by atoms with Gasteiger partial charge in [0.25, 0.3) is 11.5 Å². The molecular weight excluding hydrogens is 326 g/mol. The van der Waals surface area contributed by atoms with Gasteiger partial charge < -0.3 is 10.3 Å². The molecule has 0 aliphatic heterocycles. The number of aromatic nitrogens is 2. The zero-order chi connectivity index (χ0) is 18.1. The Balaban J connectivity index is 1.71. The van der Waals surface area contributed by atoms with E-state index in [-0.39, 0.29) is 17.5 Å². The normalized spacial score (nSPS) is 12.2. The summed E-state index contributed by atoms with van der Waals surface area (Å²) in [6.45, 7) is 1.93. The zero-order valence-electron chi connectivity index (χ0n) is 14.2. The molecule has 2 aromatic heterocycles. The summed E-state index contributed by atoms with van der Waals surface area (Å²) in [4.78, 5) is 31.9. The quantitative estimate of drug-likeness (QED) is 0.559. The highest BCUT2D eigenvalue weighted by Crippen LogP contribution is 2.21. The molecule has 0 aliphatic rings. The first-order chi connectivity index (χ1) is 12.6. The molecule has 0 saturated heterocycles. The number of benzene rings is 2. The predicted molar refractivity (Wildman–Crippen MR) is 102 cm³/mol. The predicted octanol–water partition coefficient (Wildman–Crippen LogP) is 3.57. The van der Waals surface area contributed by atoms with Crippen molar-refractivity contribution in [2.24, 2.45) is 0 Å². The van der Waals surface area contributed by atoms with E-state index in [4.69, 9.17) is 0 Å². The first kappa shape index (κ1) is 16.0. The second kappa shape index (κ2) is 6.44.